The van der Waals surface area contributed by atoms with Crippen LogP contribution in [0.15, 0.2) is 34.6 Å². The summed E-state index contributed by atoms with van der Waals surface area (Å²) < 4.78 is 0. The van der Waals surface area contributed by atoms with Gasteiger partial charge in [0.1, 0.15) is 0 Å². The molecule has 0 aliphatic rings. The zero-order valence-corrected chi connectivity index (χ0v) is 8.17. The molecular weight excluding hydrogens is 146 g/mol. The SMILES string of the molecule is C/C=C\C=NC=C=C(C)CCC. The van der Waals surface area contributed by atoms with Crippen molar-refractivity contribution in [1.29, 1.82) is 0 Å². The maximum atomic E-state index is 4.01. The lowest BCUT2D eigenvalue weighted by Crippen LogP contribution is -1.69. The Morgan fingerprint density at radius 1 is 1.50 bits per heavy atom. The number of aliphatic imine (C=N–C) groups is 1. The normalized spacial score (nSPS) is 10.6. The Hall–Kier alpha value is -1.07. The molecule has 0 aromatic rings. The van der Waals surface area contributed by atoms with Crippen LogP contribution in [0.1, 0.15) is 33.6 Å². The number of hydrogen-bond donors (Lipinski definition) is 0. The molecule has 0 atom stereocenters. The van der Waals surface area contributed by atoms with E-state index in [1.54, 1.807) is 12.4 Å². The minimum absolute atomic E-state index is 1.11. The molecule has 0 amide bonds. The van der Waals surface area contributed by atoms with E-state index in [0.717, 1.165) is 6.42 Å². The Balaban J connectivity index is 3.94. The maximum absolute atomic E-state index is 4.01. The topological polar surface area (TPSA) is 12.4 Å². The van der Waals surface area contributed by atoms with Crippen LogP contribution in [0.3, 0.4) is 0 Å². The summed E-state index contributed by atoms with van der Waals surface area (Å²) in [5.74, 6) is 0. The van der Waals surface area contributed by atoms with Crippen LogP contribution >= 0.6 is 0 Å². The smallest absolute Gasteiger partial charge is 0.0685 e. The lowest BCUT2D eigenvalue weighted by Gasteiger charge is -1.88. The van der Waals surface area contributed by atoms with Gasteiger partial charge in [-0.2, -0.15) is 0 Å². The number of allylic oxidation sites excluding steroid dienone is 3. The van der Waals surface area contributed by atoms with E-state index in [4.69, 9.17) is 0 Å². The molecule has 0 unspecified atom stereocenters. The predicted octanol–water partition coefficient (Wildman–Crippen LogP) is 3.49. The van der Waals surface area contributed by atoms with E-state index in [2.05, 4.69) is 24.6 Å². The van der Waals surface area contributed by atoms with E-state index >= 15 is 0 Å². The van der Waals surface area contributed by atoms with Crippen LogP contribution in [0.2, 0.25) is 0 Å². The summed E-state index contributed by atoms with van der Waals surface area (Å²) in [4.78, 5) is 4.01. The number of nitrogens with zero attached hydrogens (tertiary/aromatic N) is 1. The van der Waals surface area contributed by atoms with Crippen LogP contribution in [-0.4, -0.2) is 6.21 Å². The van der Waals surface area contributed by atoms with E-state index < -0.39 is 0 Å². The Bertz CT molecular complexity index is 215. The van der Waals surface area contributed by atoms with Gasteiger partial charge in [-0.15, -0.1) is 5.73 Å². The summed E-state index contributed by atoms with van der Waals surface area (Å²) in [5, 5.41) is 0. The molecule has 1 nitrogen and oxygen atoms in total. The maximum Gasteiger partial charge on any atom is 0.0685 e. The molecule has 0 aromatic carbocycles. The monoisotopic (exact) mass is 163 g/mol. The Morgan fingerprint density at radius 3 is 2.83 bits per heavy atom. The summed E-state index contributed by atoms with van der Waals surface area (Å²) in [6, 6.07) is 0. The molecule has 0 rings (SSSR count). The summed E-state index contributed by atoms with van der Waals surface area (Å²) in [7, 11) is 0. The molecule has 0 radical (unpaired) electrons. The molecule has 0 saturated heterocycles. The first-order valence-corrected chi connectivity index (χ1v) is 4.36. The lowest BCUT2D eigenvalue weighted by atomic mass is 10.2. The van der Waals surface area contributed by atoms with Crippen molar-refractivity contribution in [2.24, 2.45) is 4.99 Å². The van der Waals surface area contributed by atoms with Gasteiger partial charge in [-0.1, -0.05) is 19.4 Å². The minimum Gasteiger partial charge on any atom is -0.256 e. The zero-order valence-electron chi connectivity index (χ0n) is 8.17. The Kier molecular flexibility index (Phi) is 7.31. The highest BCUT2D eigenvalue weighted by molar-refractivity contribution is 5.71. The largest absolute Gasteiger partial charge is 0.256 e. The molecule has 12 heavy (non-hydrogen) atoms. The van der Waals surface area contributed by atoms with Crippen LogP contribution in [-0.2, 0) is 0 Å². The average Bonchev–Trinajstić information content (AvgIpc) is 2.05. The Morgan fingerprint density at radius 2 is 2.25 bits per heavy atom. The van der Waals surface area contributed by atoms with Gasteiger partial charge < -0.3 is 0 Å². The van der Waals surface area contributed by atoms with Crippen molar-refractivity contribution in [2.45, 2.75) is 33.6 Å². The van der Waals surface area contributed by atoms with Gasteiger partial charge in [0.05, 0.1) is 6.20 Å². The zero-order chi connectivity index (χ0) is 9.23. The number of rotatable bonds is 4. The van der Waals surface area contributed by atoms with Crippen LogP contribution in [0.5, 0.6) is 0 Å². The third-order valence-corrected chi connectivity index (χ3v) is 1.38. The fourth-order valence-electron chi connectivity index (χ4n) is 0.773. The van der Waals surface area contributed by atoms with Crippen molar-refractivity contribution in [3.05, 3.63) is 29.7 Å². The molecule has 0 heterocycles. The summed E-state index contributed by atoms with van der Waals surface area (Å²) in [5.41, 5.74) is 4.36. The van der Waals surface area contributed by atoms with E-state index in [1.807, 2.05) is 19.1 Å². The molecular formula is C11H17N. The van der Waals surface area contributed by atoms with E-state index in [9.17, 15) is 0 Å². The first kappa shape index (κ1) is 10.9. The van der Waals surface area contributed by atoms with Gasteiger partial charge in [-0.05, 0) is 31.9 Å². The van der Waals surface area contributed by atoms with E-state index in [-0.39, 0.29) is 0 Å². The second kappa shape index (κ2) is 8.03. The average molecular weight is 163 g/mol. The molecule has 0 bridgehead atoms. The molecule has 0 aliphatic heterocycles. The van der Waals surface area contributed by atoms with Gasteiger partial charge in [0.25, 0.3) is 0 Å². The highest BCUT2D eigenvalue weighted by Gasteiger charge is 1.80. The molecule has 0 aromatic heterocycles. The Labute approximate surface area is 75.2 Å². The van der Waals surface area contributed by atoms with Gasteiger partial charge in [0.2, 0.25) is 0 Å². The number of hydrogen-bond acceptors (Lipinski definition) is 1. The summed E-state index contributed by atoms with van der Waals surface area (Å²) in [6.45, 7) is 6.20. The first-order valence-electron chi connectivity index (χ1n) is 4.36. The van der Waals surface area contributed by atoms with Crippen molar-refractivity contribution in [3.63, 3.8) is 0 Å². The fourth-order valence-corrected chi connectivity index (χ4v) is 0.773. The lowest BCUT2D eigenvalue weighted by molar-refractivity contribution is 0.907. The van der Waals surface area contributed by atoms with Crippen LogP contribution in [0.4, 0.5) is 0 Å². The van der Waals surface area contributed by atoms with Gasteiger partial charge in [-0.3, -0.25) is 4.99 Å². The van der Waals surface area contributed by atoms with Gasteiger partial charge >= 0.3 is 0 Å². The summed E-state index contributed by atoms with van der Waals surface area (Å²) >= 11 is 0. The van der Waals surface area contributed by atoms with E-state index in [1.165, 1.54) is 12.0 Å². The molecule has 1 heteroatoms. The third-order valence-electron chi connectivity index (χ3n) is 1.38. The standard InChI is InChI=1S/C11H17N/c1-4-6-9-12-10-8-11(3)7-5-2/h4,6,9-10H,5,7H2,1-3H3/b6-4-,12-9?. The quantitative estimate of drug-likeness (QED) is 0.444. The van der Waals surface area contributed by atoms with Crippen molar-refractivity contribution in [2.75, 3.05) is 0 Å². The second-order valence-corrected chi connectivity index (χ2v) is 2.63. The minimum atomic E-state index is 1.11. The molecule has 66 valence electrons. The van der Waals surface area contributed by atoms with Crippen molar-refractivity contribution in [1.82, 2.24) is 0 Å². The summed E-state index contributed by atoms with van der Waals surface area (Å²) in [6.07, 6.45) is 9.59. The fraction of sp³-hybridized carbons (Fsp3) is 0.455. The van der Waals surface area contributed by atoms with Gasteiger partial charge in [-0.25, -0.2) is 0 Å². The van der Waals surface area contributed by atoms with Gasteiger partial charge in [0, 0.05) is 6.21 Å². The highest BCUT2D eigenvalue weighted by Crippen LogP contribution is 1.99. The first-order chi connectivity index (χ1) is 5.81. The van der Waals surface area contributed by atoms with E-state index in [0.29, 0.717) is 0 Å². The second-order valence-electron chi connectivity index (χ2n) is 2.63. The molecule has 0 saturated carbocycles. The van der Waals surface area contributed by atoms with Crippen LogP contribution < -0.4 is 0 Å². The van der Waals surface area contributed by atoms with Crippen molar-refractivity contribution < 1.29 is 0 Å². The molecule has 0 spiro atoms. The molecule has 0 aliphatic carbocycles. The highest BCUT2D eigenvalue weighted by atomic mass is 14.6. The van der Waals surface area contributed by atoms with Crippen molar-refractivity contribution >= 4 is 6.21 Å². The predicted molar refractivity (Wildman–Crippen MR) is 55.5 cm³/mol. The van der Waals surface area contributed by atoms with Crippen LogP contribution in [0.25, 0.3) is 0 Å². The van der Waals surface area contributed by atoms with Gasteiger partial charge in [0.15, 0.2) is 0 Å². The molecule has 0 N–H and O–H groups in total. The molecule has 0 fully saturated rings. The van der Waals surface area contributed by atoms with Crippen LogP contribution in [0, 0.1) is 0 Å². The third kappa shape index (κ3) is 7.04. The van der Waals surface area contributed by atoms with Crippen molar-refractivity contribution in [3.8, 4) is 0 Å².